The molecule has 1 fully saturated rings. The Bertz CT molecular complexity index is 113. The molecule has 2 atom stereocenters. The summed E-state index contributed by atoms with van der Waals surface area (Å²) in [5.74, 6) is 0.670. The summed E-state index contributed by atoms with van der Waals surface area (Å²) >= 11 is 0. The quantitative estimate of drug-likeness (QED) is 0.591. The van der Waals surface area contributed by atoms with E-state index >= 15 is 0 Å². The lowest BCUT2D eigenvalue weighted by molar-refractivity contribution is 0.178. The molecule has 3 nitrogen and oxygen atoms in total. The first-order valence-electron chi connectivity index (χ1n) is 4.76. The summed E-state index contributed by atoms with van der Waals surface area (Å²) in [6.07, 6.45) is 2.02. The van der Waals surface area contributed by atoms with Gasteiger partial charge in [-0.2, -0.15) is 0 Å². The molecule has 0 aromatic rings. The Morgan fingerprint density at radius 2 is 2.50 bits per heavy atom. The molecule has 1 saturated heterocycles. The number of aliphatic hydroxyl groups excluding tert-OH is 1. The van der Waals surface area contributed by atoms with Crippen LogP contribution < -0.4 is 5.32 Å². The van der Waals surface area contributed by atoms with Crippen molar-refractivity contribution in [3.8, 4) is 0 Å². The summed E-state index contributed by atoms with van der Waals surface area (Å²) in [7, 11) is 0. The maximum absolute atomic E-state index is 8.58. The Morgan fingerprint density at radius 1 is 1.67 bits per heavy atom. The molecule has 3 heteroatoms. The van der Waals surface area contributed by atoms with E-state index in [1.54, 1.807) is 0 Å². The van der Waals surface area contributed by atoms with Gasteiger partial charge in [-0.3, -0.25) is 0 Å². The second-order valence-corrected chi connectivity index (χ2v) is 3.44. The van der Waals surface area contributed by atoms with Crippen LogP contribution in [0.2, 0.25) is 0 Å². The van der Waals surface area contributed by atoms with Crippen molar-refractivity contribution < 1.29 is 9.84 Å². The lowest BCUT2D eigenvalue weighted by Gasteiger charge is -2.18. The van der Waals surface area contributed by atoms with Crippen LogP contribution in [0.25, 0.3) is 0 Å². The van der Waals surface area contributed by atoms with Gasteiger partial charge >= 0.3 is 0 Å². The standard InChI is InChI=1S/C9H19NO2/c1-8(10-4-2-5-11)9-3-6-12-7-9/h8-11H,2-7H2,1H3. The number of hydrogen-bond acceptors (Lipinski definition) is 3. The fourth-order valence-corrected chi connectivity index (χ4v) is 1.52. The zero-order valence-corrected chi connectivity index (χ0v) is 7.75. The van der Waals surface area contributed by atoms with Crippen LogP contribution in [0.15, 0.2) is 0 Å². The van der Waals surface area contributed by atoms with Crippen LogP contribution in [0, 0.1) is 5.92 Å². The molecule has 0 amide bonds. The van der Waals surface area contributed by atoms with E-state index in [1.807, 2.05) is 0 Å². The minimum Gasteiger partial charge on any atom is -0.396 e. The topological polar surface area (TPSA) is 41.5 Å². The molecule has 0 spiro atoms. The van der Waals surface area contributed by atoms with Gasteiger partial charge in [0.25, 0.3) is 0 Å². The van der Waals surface area contributed by atoms with Crippen LogP contribution >= 0.6 is 0 Å². The molecule has 1 rings (SSSR count). The first kappa shape index (κ1) is 9.96. The van der Waals surface area contributed by atoms with Gasteiger partial charge in [-0.25, -0.2) is 0 Å². The average Bonchev–Trinajstić information content (AvgIpc) is 2.56. The van der Waals surface area contributed by atoms with Crippen LogP contribution in [0.3, 0.4) is 0 Å². The summed E-state index contributed by atoms with van der Waals surface area (Å²) in [6.45, 7) is 5.19. The fraction of sp³-hybridized carbons (Fsp3) is 1.00. The summed E-state index contributed by atoms with van der Waals surface area (Å²) < 4.78 is 5.30. The Balaban J connectivity index is 2.05. The molecule has 2 N–H and O–H groups in total. The number of hydrogen-bond donors (Lipinski definition) is 2. The predicted octanol–water partition coefficient (Wildman–Crippen LogP) is 0.383. The molecule has 0 aliphatic carbocycles. The van der Waals surface area contributed by atoms with Crippen molar-refractivity contribution in [3.63, 3.8) is 0 Å². The summed E-state index contributed by atoms with van der Waals surface area (Å²) in [6, 6.07) is 0.527. The minimum absolute atomic E-state index is 0.279. The molecule has 72 valence electrons. The molecule has 12 heavy (non-hydrogen) atoms. The number of aliphatic hydroxyl groups is 1. The van der Waals surface area contributed by atoms with Crippen LogP contribution in [0.5, 0.6) is 0 Å². The first-order valence-corrected chi connectivity index (χ1v) is 4.76. The maximum atomic E-state index is 8.58. The van der Waals surface area contributed by atoms with E-state index in [9.17, 15) is 0 Å². The number of nitrogens with one attached hydrogen (secondary N) is 1. The van der Waals surface area contributed by atoms with Gasteiger partial charge in [0.1, 0.15) is 0 Å². The van der Waals surface area contributed by atoms with Crippen molar-refractivity contribution in [3.05, 3.63) is 0 Å². The average molecular weight is 173 g/mol. The molecule has 1 heterocycles. The Kier molecular flexibility index (Phi) is 4.58. The molecule has 1 aliphatic rings. The largest absolute Gasteiger partial charge is 0.396 e. The third kappa shape index (κ3) is 3.09. The van der Waals surface area contributed by atoms with Crippen LogP contribution in [-0.2, 0) is 4.74 Å². The molecule has 1 aliphatic heterocycles. The highest BCUT2D eigenvalue weighted by Crippen LogP contribution is 2.15. The summed E-state index contributed by atoms with van der Waals surface area (Å²) in [5.41, 5.74) is 0. The maximum Gasteiger partial charge on any atom is 0.0509 e. The van der Waals surface area contributed by atoms with E-state index in [0.29, 0.717) is 12.0 Å². The lowest BCUT2D eigenvalue weighted by atomic mass is 10.0. The molecule has 0 bridgehead atoms. The van der Waals surface area contributed by atoms with Gasteiger partial charge in [-0.05, 0) is 32.2 Å². The first-order chi connectivity index (χ1) is 5.84. The van der Waals surface area contributed by atoms with Gasteiger partial charge in [-0.15, -0.1) is 0 Å². The van der Waals surface area contributed by atoms with Crippen molar-refractivity contribution in [1.29, 1.82) is 0 Å². The third-order valence-electron chi connectivity index (χ3n) is 2.47. The number of ether oxygens (including phenoxy) is 1. The zero-order valence-electron chi connectivity index (χ0n) is 7.75. The van der Waals surface area contributed by atoms with Gasteiger partial charge < -0.3 is 15.2 Å². The second kappa shape index (κ2) is 5.51. The van der Waals surface area contributed by atoms with E-state index in [4.69, 9.17) is 9.84 Å². The smallest absolute Gasteiger partial charge is 0.0509 e. The third-order valence-corrected chi connectivity index (χ3v) is 2.47. The SMILES string of the molecule is CC(NCCCO)C1CCOC1. The predicted molar refractivity (Wildman–Crippen MR) is 48.1 cm³/mol. The fourth-order valence-electron chi connectivity index (χ4n) is 1.52. The van der Waals surface area contributed by atoms with Gasteiger partial charge in [0.2, 0.25) is 0 Å². The molecule has 0 saturated carbocycles. The van der Waals surface area contributed by atoms with E-state index in [-0.39, 0.29) is 6.61 Å². The van der Waals surface area contributed by atoms with Crippen molar-refractivity contribution >= 4 is 0 Å². The van der Waals surface area contributed by atoms with Crippen molar-refractivity contribution in [2.75, 3.05) is 26.4 Å². The molecule has 0 aromatic carbocycles. The molecule has 2 unspecified atom stereocenters. The lowest BCUT2D eigenvalue weighted by Crippen LogP contribution is -2.34. The second-order valence-electron chi connectivity index (χ2n) is 3.44. The monoisotopic (exact) mass is 173 g/mol. The van der Waals surface area contributed by atoms with Crippen LogP contribution in [0.1, 0.15) is 19.8 Å². The molecule has 0 radical (unpaired) electrons. The van der Waals surface area contributed by atoms with Crippen molar-refractivity contribution in [2.24, 2.45) is 5.92 Å². The molecule has 0 aromatic heterocycles. The van der Waals surface area contributed by atoms with Gasteiger partial charge in [0, 0.05) is 19.3 Å². The highest BCUT2D eigenvalue weighted by atomic mass is 16.5. The van der Waals surface area contributed by atoms with Crippen molar-refractivity contribution in [2.45, 2.75) is 25.8 Å². The summed E-state index contributed by atoms with van der Waals surface area (Å²) in [5, 5.41) is 12.0. The minimum atomic E-state index is 0.279. The van der Waals surface area contributed by atoms with Gasteiger partial charge in [0.05, 0.1) is 6.61 Å². The molecular formula is C9H19NO2. The van der Waals surface area contributed by atoms with E-state index < -0.39 is 0 Å². The van der Waals surface area contributed by atoms with E-state index in [0.717, 1.165) is 26.2 Å². The Labute approximate surface area is 74.1 Å². The highest BCUT2D eigenvalue weighted by molar-refractivity contribution is 4.75. The van der Waals surface area contributed by atoms with Crippen LogP contribution in [-0.4, -0.2) is 37.5 Å². The number of rotatable bonds is 5. The summed E-state index contributed by atoms with van der Waals surface area (Å²) in [4.78, 5) is 0. The van der Waals surface area contributed by atoms with Gasteiger partial charge in [0.15, 0.2) is 0 Å². The normalized spacial score (nSPS) is 26.0. The highest BCUT2D eigenvalue weighted by Gasteiger charge is 2.21. The zero-order chi connectivity index (χ0) is 8.81. The van der Waals surface area contributed by atoms with E-state index in [1.165, 1.54) is 6.42 Å². The van der Waals surface area contributed by atoms with E-state index in [2.05, 4.69) is 12.2 Å². The van der Waals surface area contributed by atoms with Crippen LogP contribution in [0.4, 0.5) is 0 Å². The molecular weight excluding hydrogens is 154 g/mol. The van der Waals surface area contributed by atoms with Gasteiger partial charge in [-0.1, -0.05) is 0 Å². The van der Waals surface area contributed by atoms with Crippen molar-refractivity contribution in [1.82, 2.24) is 5.32 Å². The Hall–Kier alpha value is -0.120. The Morgan fingerprint density at radius 3 is 3.08 bits per heavy atom.